The molecule has 0 aliphatic heterocycles. The van der Waals surface area contributed by atoms with E-state index in [0.717, 1.165) is 6.08 Å². The minimum absolute atomic E-state index is 0.0980. The van der Waals surface area contributed by atoms with Crippen molar-refractivity contribution in [3.8, 4) is 0 Å². The smallest absolute Gasteiger partial charge is 0.368 e. The third-order valence-electron chi connectivity index (χ3n) is 1.85. The van der Waals surface area contributed by atoms with E-state index >= 15 is 0 Å². The first-order chi connectivity index (χ1) is 6.90. The lowest BCUT2D eigenvalue weighted by molar-refractivity contribution is -0.141. The van der Waals surface area contributed by atoms with Crippen LogP contribution in [0.4, 0.5) is 19.1 Å². The van der Waals surface area contributed by atoms with E-state index in [0.29, 0.717) is 6.42 Å². The third-order valence-corrected chi connectivity index (χ3v) is 1.85. The number of anilines is 1. The van der Waals surface area contributed by atoms with E-state index in [4.69, 9.17) is 5.73 Å². The quantitative estimate of drug-likeness (QED) is 0.826. The molecule has 0 saturated carbocycles. The number of halogens is 3. The van der Waals surface area contributed by atoms with Gasteiger partial charge in [0, 0.05) is 5.56 Å². The average molecular weight is 217 g/mol. The van der Waals surface area contributed by atoms with Crippen molar-refractivity contribution in [1.82, 2.24) is 9.97 Å². The molecule has 0 aromatic carbocycles. The molecule has 1 rings (SSSR count). The molecule has 6 heteroatoms. The van der Waals surface area contributed by atoms with Crippen LogP contribution in [0.3, 0.4) is 0 Å². The fourth-order valence-electron chi connectivity index (χ4n) is 1.24. The Morgan fingerprint density at radius 1 is 1.40 bits per heavy atom. The predicted octanol–water partition coefficient (Wildman–Crippen LogP) is 2.28. The number of hydrogen-bond donors (Lipinski definition) is 1. The molecule has 0 unspecified atom stereocenters. The molecule has 0 aliphatic rings. The SMILES string of the molecule is C=Cc1c(CC)nc(N)nc1C(F)(F)F. The first-order valence-electron chi connectivity index (χ1n) is 4.26. The highest BCUT2D eigenvalue weighted by atomic mass is 19.4. The number of rotatable bonds is 2. The van der Waals surface area contributed by atoms with Gasteiger partial charge < -0.3 is 5.73 Å². The minimum atomic E-state index is -4.54. The Morgan fingerprint density at radius 3 is 2.40 bits per heavy atom. The summed E-state index contributed by atoms with van der Waals surface area (Å²) in [5.74, 6) is -0.371. The molecule has 1 aromatic heterocycles. The van der Waals surface area contributed by atoms with Gasteiger partial charge >= 0.3 is 6.18 Å². The molecule has 0 aliphatic carbocycles. The Kier molecular flexibility index (Phi) is 2.97. The van der Waals surface area contributed by atoms with Gasteiger partial charge in [-0.15, -0.1) is 0 Å². The molecule has 0 atom stereocenters. The number of aromatic nitrogens is 2. The zero-order valence-electron chi connectivity index (χ0n) is 8.10. The van der Waals surface area contributed by atoms with Crippen molar-refractivity contribution in [3.63, 3.8) is 0 Å². The van der Waals surface area contributed by atoms with E-state index in [-0.39, 0.29) is 17.2 Å². The lowest BCUT2D eigenvalue weighted by Crippen LogP contribution is -2.15. The van der Waals surface area contributed by atoms with Crippen LogP contribution in [-0.2, 0) is 12.6 Å². The molecular formula is C9H10F3N3. The van der Waals surface area contributed by atoms with Gasteiger partial charge in [0.15, 0.2) is 5.69 Å². The third kappa shape index (κ3) is 2.26. The number of nitrogen functional groups attached to an aromatic ring is 1. The average Bonchev–Trinajstić information content (AvgIpc) is 2.15. The Labute approximate surface area is 84.8 Å². The summed E-state index contributed by atoms with van der Waals surface area (Å²) in [7, 11) is 0. The van der Waals surface area contributed by atoms with Crippen molar-refractivity contribution in [2.45, 2.75) is 19.5 Å². The second kappa shape index (κ2) is 3.88. The van der Waals surface area contributed by atoms with Crippen molar-refractivity contribution >= 4 is 12.0 Å². The van der Waals surface area contributed by atoms with Crippen LogP contribution in [-0.4, -0.2) is 9.97 Å². The standard InChI is InChI=1S/C9H10F3N3/c1-3-5-6(4-2)14-8(13)15-7(5)9(10,11)12/h3H,1,4H2,2H3,(H2,13,14,15). The largest absolute Gasteiger partial charge is 0.434 e. The zero-order valence-corrected chi connectivity index (χ0v) is 8.10. The fraction of sp³-hybridized carbons (Fsp3) is 0.333. The van der Waals surface area contributed by atoms with Crippen molar-refractivity contribution < 1.29 is 13.2 Å². The van der Waals surface area contributed by atoms with Gasteiger partial charge in [-0.3, -0.25) is 0 Å². The van der Waals surface area contributed by atoms with Gasteiger partial charge in [-0.05, 0) is 6.42 Å². The highest BCUT2D eigenvalue weighted by Gasteiger charge is 2.36. The molecule has 0 saturated heterocycles. The summed E-state index contributed by atoms with van der Waals surface area (Å²) < 4.78 is 37.6. The molecule has 15 heavy (non-hydrogen) atoms. The normalized spacial score (nSPS) is 11.5. The molecule has 0 spiro atoms. The fourth-order valence-corrected chi connectivity index (χ4v) is 1.24. The summed E-state index contributed by atoms with van der Waals surface area (Å²) in [6.45, 7) is 5.01. The Bertz CT molecular complexity index is 385. The lowest BCUT2D eigenvalue weighted by atomic mass is 10.1. The highest BCUT2D eigenvalue weighted by Crippen LogP contribution is 2.32. The summed E-state index contributed by atoms with van der Waals surface area (Å²) in [5, 5.41) is 0. The number of nitrogens with zero attached hydrogens (tertiary/aromatic N) is 2. The predicted molar refractivity (Wildman–Crippen MR) is 50.9 cm³/mol. The maximum Gasteiger partial charge on any atom is 0.434 e. The van der Waals surface area contributed by atoms with E-state index in [2.05, 4.69) is 16.5 Å². The van der Waals surface area contributed by atoms with Crippen LogP contribution in [0.15, 0.2) is 6.58 Å². The zero-order chi connectivity index (χ0) is 11.6. The monoisotopic (exact) mass is 217 g/mol. The van der Waals surface area contributed by atoms with Crippen molar-refractivity contribution in [2.75, 3.05) is 5.73 Å². The minimum Gasteiger partial charge on any atom is -0.368 e. The second-order valence-corrected chi connectivity index (χ2v) is 2.85. The first-order valence-corrected chi connectivity index (χ1v) is 4.26. The van der Waals surface area contributed by atoms with Crippen LogP contribution in [0.5, 0.6) is 0 Å². The van der Waals surface area contributed by atoms with Crippen LogP contribution in [0.25, 0.3) is 6.08 Å². The lowest BCUT2D eigenvalue weighted by Gasteiger charge is -2.12. The summed E-state index contributed by atoms with van der Waals surface area (Å²) in [6, 6.07) is 0. The molecule has 0 bridgehead atoms. The molecule has 0 radical (unpaired) electrons. The van der Waals surface area contributed by atoms with Gasteiger partial charge in [0.25, 0.3) is 0 Å². The van der Waals surface area contributed by atoms with Crippen molar-refractivity contribution in [2.24, 2.45) is 0 Å². The maximum atomic E-state index is 12.5. The summed E-state index contributed by atoms with van der Waals surface area (Å²) in [6.07, 6.45) is -3.09. The maximum absolute atomic E-state index is 12.5. The van der Waals surface area contributed by atoms with Gasteiger partial charge in [-0.2, -0.15) is 13.2 Å². The van der Waals surface area contributed by atoms with Gasteiger partial charge in [0.05, 0.1) is 5.69 Å². The number of hydrogen-bond acceptors (Lipinski definition) is 3. The van der Waals surface area contributed by atoms with Gasteiger partial charge in [-0.25, -0.2) is 9.97 Å². The van der Waals surface area contributed by atoms with E-state index in [1.807, 2.05) is 0 Å². The topological polar surface area (TPSA) is 51.8 Å². The first kappa shape index (κ1) is 11.5. The van der Waals surface area contributed by atoms with Crippen LogP contribution in [0.2, 0.25) is 0 Å². The van der Waals surface area contributed by atoms with E-state index in [1.165, 1.54) is 0 Å². The van der Waals surface area contributed by atoms with Gasteiger partial charge in [-0.1, -0.05) is 19.6 Å². The Hall–Kier alpha value is -1.59. The van der Waals surface area contributed by atoms with Crippen LogP contribution in [0.1, 0.15) is 23.9 Å². The molecule has 3 nitrogen and oxygen atoms in total. The second-order valence-electron chi connectivity index (χ2n) is 2.85. The van der Waals surface area contributed by atoms with Crippen LogP contribution < -0.4 is 5.73 Å². The summed E-state index contributed by atoms with van der Waals surface area (Å²) >= 11 is 0. The number of nitrogens with two attached hydrogens (primary N) is 1. The molecule has 0 fully saturated rings. The van der Waals surface area contributed by atoms with Crippen molar-refractivity contribution in [1.29, 1.82) is 0 Å². The van der Waals surface area contributed by atoms with Crippen molar-refractivity contribution in [3.05, 3.63) is 23.5 Å². The molecule has 2 N–H and O–H groups in total. The van der Waals surface area contributed by atoms with Crippen LogP contribution >= 0.6 is 0 Å². The van der Waals surface area contributed by atoms with E-state index < -0.39 is 11.9 Å². The molecule has 1 heterocycles. The van der Waals surface area contributed by atoms with E-state index in [9.17, 15) is 13.2 Å². The molecule has 0 amide bonds. The Balaban J connectivity index is 3.49. The van der Waals surface area contributed by atoms with Crippen LogP contribution in [0, 0.1) is 0 Å². The summed E-state index contributed by atoms with van der Waals surface area (Å²) in [5.41, 5.74) is 4.33. The number of alkyl halides is 3. The molecule has 82 valence electrons. The molecule has 1 aromatic rings. The summed E-state index contributed by atoms with van der Waals surface area (Å²) in [4.78, 5) is 6.93. The Morgan fingerprint density at radius 2 is 2.00 bits per heavy atom. The molecular weight excluding hydrogens is 207 g/mol. The highest BCUT2D eigenvalue weighted by molar-refractivity contribution is 5.54. The number of aryl methyl sites for hydroxylation is 1. The van der Waals surface area contributed by atoms with Gasteiger partial charge in [0.2, 0.25) is 5.95 Å². The van der Waals surface area contributed by atoms with Gasteiger partial charge in [0.1, 0.15) is 0 Å². The van der Waals surface area contributed by atoms with E-state index in [1.54, 1.807) is 6.92 Å².